The van der Waals surface area contributed by atoms with Crippen molar-refractivity contribution < 1.29 is 22.7 Å². The SMILES string of the molecule is CO[C@H]1C[C@@H](N(C)C(C)C)CC[C@H]1N1CCC(Nc2ncnc3ccc(C(F)(F)F)cc23)C1=O. The van der Waals surface area contributed by atoms with Crippen LogP contribution in [-0.4, -0.2) is 76.6 Å². The molecule has 2 heterocycles. The number of carbonyl (C=O) groups excluding carboxylic acids is 1. The standard InChI is InChI=1S/C24H32F3N5O2/c1-14(2)31(3)16-6-8-20(21(12-16)34-4)32-10-9-19(23(32)33)30-22-17-11-15(24(25,26)27)5-7-18(17)28-13-29-22/h5,7,11,13-14,16,19-21H,6,8-10,12H2,1-4H3,(H,28,29,30)/t16-,19?,20+,21-/m0/s1. The maximum Gasteiger partial charge on any atom is 0.416 e. The second-order valence-electron chi connectivity index (χ2n) is 9.54. The fourth-order valence-corrected chi connectivity index (χ4v) is 5.17. The first-order chi connectivity index (χ1) is 16.1. The van der Waals surface area contributed by atoms with Crippen molar-refractivity contribution in [2.24, 2.45) is 0 Å². The monoisotopic (exact) mass is 479 g/mol. The van der Waals surface area contributed by atoms with Crippen LogP contribution in [0.5, 0.6) is 0 Å². The average molecular weight is 480 g/mol. The van der Waals surface area contributed by atoms with Crippen LogP contribution in [-0.2, 0) is 15.7 Å². The summed E-state index contributed by atoms with van der Waals surface area (Å²) in [5.74, 6) is 0.170. The highest BCUT2D eigenvalue weighted by Gasteiger charge is 2.43. The first-order valence-electron chi connectivity index (χ1n) is 11.7. The maximum atomic E-state index is 13.3. The maximum absolute atomic E-state index is 13.3. The lowest BCUT2D eigenvalue weighted by atomic mass is 9.86. The Morgan fingerprint density at radius 1 is 1.21 bits per heavy atom. The third-order valence-electron chi connectivity index (χ3n) is 7.34. The van der Waals surface area contributed by atoms with Crippen LogP contribution in [0.25, 0.3) is 10.9 Å². The number of hydrogen-bond donors (Lipinski definition) is 1. The number of methoxy groups -OCH3 is 1. The third-order valence-corrected chi connectivity index (χ3v) is 7.34. The van der Waals surface area contributed by atoms with Gasteiger partial charge in [-0.1, -0.05) is 0 Å². The molecule has 1 saturated heterocycles. The van der Waals surface area contributed by atoms with E-state index in [2.05, 4.69) is 41.1 Å². The molecule has 1 aromatic carbocycles. The van der Waals surface area contributed by atoms with Crippen molar-refractivity contribution in [3.05, 3.63) is 30.1 Å². The smallest absolute Gasteiger partial charge is 0.379 e. The fraction of sp³-hybridized carbons (Fsp3) is 0.625. The Hall–Kier alpha value is -2.46. The van der Waals surface area contributed by atoms with Gasteiger partial charge in [-0.3, -0.25) is 4.79 Å². The number of rotatable bonds is 6. The minimum absolute atomic E-state index is 0.0138. The van der Waals surface area contributed by atoms with E-state index >= 15 is 0 Å². The van der Waals surface area contributed by atoms with E-state index < -0.39 is 17.8 Å². The molecule has 1 aliphatic heterocycles. The summed E-state index contributed by atoms with van der Waals surface area (Å²) >= 11 is 0. The van der Waals surface area contributed by atoms with E-state index in [0.717, 1.165) is 31.4 Å². The summed E-state index contributed by atoms with van der Waals surface area (Å²) in [6.45, 7) is 4.91. The zero-order chi connectivity index (χ0) is 24.6. The van der Waals surface area contributed by atoms with Crippen LogP contribution in [0.15, 0.2) is 24.5 Å². The summed E-state index contributed by atoms with van der Waals surface area (Å²) in [6.07, 6.45) is 0.000543. The van der Waals surface area contributed by atoms with Crippen LogP contribution in [0, 0.1) is 0 Å². The molecule has 4 rings (SSSR count). The number of nitrogens with zero attached hydrogens (tertiary/aromatic N) is 4. The fourth-order valence-electron chi connectivity index (χ4n) is 5.17. The second-order valence-corrected chi connectivity index (χ2v) is 9.54. The zero-order valence-electron chi connectivity index (χ0n) is 20.0. The Balaban J connectivity index is 1.49. The number of nitrogens with one attached hydrogen (secondary N) is 1. The molecule has 1 aromatic heterocycles. The Morgan fingerprint density at radius 2 is 1.97 bits per heavy atom. The minimum atomic E-state index is -4.47. The van der Waals surface area contributed by atoms with Crippen LogP contribution >= 0.6 is 0 Å². The van der Waals surface area contributed by atoms with E-state index in [1.54, 1.807) is 7.11 Å². The summed E-state index contributed by atoms with van der Waals surface area (Å²) in [6, 6.07) is 3.62. The number of carbonyl (C=O) groups is 1. The van der Waals surface area contributed by atoms with Gasteiger partial charge in [0.15, 0.2) is 0 Å². The molecule has 2 aliphatic rings. The summed E-state index contributed by atoms with van der Waals surface area (Å²) in [5.41, 5.74) is -0.386. The summed E-state index contributed by atoms with van der Waals surface area (Å²) < 4.78 is 45.5. The number of aromatic nitrogens is 2. The number of halogens is 3. The van der Waals surface area contributed by atoms with Gasteiger partial charge in [0.2, 0.25) is 5.91 Å². The van der Waals surface area contributed by atoms with Crippen molar-refractivity contribution in [3.63, 3.8) is 0 Å². The first kappa shape index (κ1) is 24.7. The lowest BCUT2D eigenvalue weighted by molar-refractivity contribution is -0.137. The van der Waals surface area contributed by atoms with Crippen LogP contribution in [0.2, 0.25) is 0 Å². The van der Waals surface area contributed by atoms with Gasteiger partial charge in [-0.15, -0.1) is 0 Å². The lowest BCUT2D eigenvalue weighted by Gasteiger charge is -2.43. The summed E-state index contributed by atoms with van der Waals surface area (Å²) in [5, 5.41) is 3.34. The van der Waals surface area contributed by atoms with Crippen molar-refractivity contribution in [2.45, 2.75) is 76.0 Å². The minimum Gasteiger partial charge on any atom is -0.379 e. The number of alkyl halides is 3. The van der Waals surface area contributed by atoms with Gasteiger partial charge in [-0.05, 0) is 64.8 Å². The van der Waals surface area contributed by atoms with Gasteiger partial charge in [-0.25, -0.2) is 9.97 Å². The van der Waals surface area contributed by atoms with Crippen LogP contribution in [0.3, 0.4) is 0 Å². The Morgan fingerprint density at radius 3 is 2.65 bits per heavy atom. The number of hydrogen-bond acceptors (Lipinski definition) is 6. The molecule has 2 fully saturated rings. The zero-order valence-corrected chi connectivity index (χ0v) is 20.0. The topological polar surface area (TPSA) is 70.6 Å². The Bertz CT molecular complexity index is 1030. The quantitative estimate of drug-likeness (QED) is 0.677. The molecule has 4 atom stereocenters. The molecule has 1 saturated carbocycles. The molecule has 34 heavy (non-hydrogen) atoms. The Labute approximate surface area is 197 Å². The predicted molar refractivity (Wildman–Crippen MR) is 123 cm³/mol. The van der Waals surface area contributed by atoms with E-state index in [-0.39, 0.29) is 29.3 Å². The van der Waals surface area contributed by atoms with Crippen molar-refractivity contribution >= 4 is 22.6 Å². The Kier molecular flexibility index (Phi) is 7.00. The molecular formula is C24H32F3N5O2. The molecule has 1 N–H and O–H groups in total. The number of likely N-dealkylation sites (tertiary alicyclic amines) is 1. The van der Waals surface area contributed by atoms with E-state index in [1.807, 2.05) is 4.90 Å². The van der Waals surface area contributed by atoms with Crippen LogP contribution < -0.4 is 5.32 Å². The van der Waals surface area contributed by atoms with E-state index in [1.165, 1.54) is 12.4 Å². The molecule has 1 aliphatic carbocycles. The van der Waals surface area contributed by atoms with Crippen LogP contribution in [0.4, 0.5) is 19.0 Å². The van der Waals surface area contributed by atoms with Crippen molar-refractivity contribution in [1.29, 1.82) is 0 Å². The van der Waals surface area contributed by atoms with Crippen molar-refractivity contribution in [3.8, 4) is 0 Å². The summed E-state index contributed by atoms with van der Waals surface area (Å²) in [7, 11) is 3.82. The molecule has 10 heteroatoms. The second kappa shape index (κ2) is 9.65. The molecular weight excluding hydrogens is 447 g/mol. The van der Waals surface area contributed by atoms with Gasteiger partial charge in [0, 0.05) is 31.1 Å². The predicted octanol–water partition coefficient (Wildman–Crippen LogP) is 3.94. The third kappa shape index (κ3) is 4.84. The number of benzene rings is 1. The van der Waals surface area contributed by atoms with E-state index in [0.29, 0.717) is 30.6 Å². The molecule has 1 unspecified atom stereocenters. The van der Waals surface area contributed by atoms with E-state index in [9.17, 15) is 18.0 Å². The number of ether oxygens (including phenoxy) is 1. The molecule has 7 nitrogen and oxygen atoms in total. The van der Waals surface area contributed by atoms with Gasteiger partial charge in [0.05, 0.1) is 23.2 Å². The molecule has 2 aromatic rings. The highest BCUT2D eigenvalue weighted by Crippen LogP contribution is 2.34. The molecule has 1 amide bonds. The largest absolute Gasteiger partial charge is 0.416 e. The number of anilines is 1. The lowest BCUT2D eigenvalue weighted by Crippen LogP contribution is -2.53. The number of fused-ring (bicyclic) bond motifs is 1. The summed E-state index contributed by atoms with van der Waals surface area (Å²) in [4.78, 5) is 25.8. The van der Waals surface area contributed by atoms with Gasteiger partial charge >= 0.3 is 6.18 Å². The van der Waals surface area contributed by atoms with Gasteiger partial charge < -0.3 is 19.9 Å². The van der Waals surface area contributed by atoms with Crippen LogP contribution in [0.1, 0.15) is 45.1 Å². The van der Waals surface area contributed by atoms with Crippen molar-refractivity contribution in [1.82, 2.24) is 19.8 Å². The van der Waals surface area contributed by atoms with Crippen molar-refractivity contribution in [2.75, 3.05) is 26.0 Å². The highest BCUT2D eigenvalue weighted by atomic mass is 19.4. The normalized spacial score (nSPS) is 26.1. The molecule has 0 bridgehead atoms. The molecule has 186 valence electrons. The van der Waals surface area contributed by atoms with Gasteiger partial charge in [0.1, 0.15) is 18.2 Å². The van der Waals surface area contributed by atoms with Gasteiger partial charge in [0.25, 0.3) is 0 Å². The van der Waals surface area contributed by atoms with E-state index in [4.69, 9.17) is 4.74 Å². The van der Waals surface area contributed by atoms with Gasteiger partial charge in [-0.2, -0.15) is 13.2 Å². The number of amides is 1. The molecule has 0 spiro atoms. The first-order valence-corrected chi connectivity index (χ1v) is 11.7. The highest BCUT2D eigenvalue weighted by molar-refractivity contribution is 5.93. The average Bonchev–Trinajstić information content (AvgIpc) is 3.17. The molecule has 0 radical (unpaired) electrons.